The molecule has 166 valence electrons. The van der Waals surface area contributed by atoms with Gasteiger partial charge in [0.25, 0.3) is 0 Å². The first-order valence-corrected chi connectivity index (χ1v) is 11.3. The van der Waals surface area contributed by atoms with Gasteiger partial charge in [0.2, 0.25) is 11.8 Å². The standard InChI is InChI=1S/C27H23BrN2O3/c1-33-24-15-12-20-16-21(28)13-14-22(20)23(24)17-25(31)29-30-27(32)26(18-8-4-2-5-9-18)19-10-6-3-7-11-19/h2-16,26H,17H2,1H3,(H,29,31)(H,30,32). The molecule has 0 bridgehead atoms. The fourth-order valence-corrected chi connectivity index (χ4v) is 4.29. The molecule has 0 unspecified atom stereocenters. The molecule has 0 radical (unpaired) electrons. The number of fused-ring (bicyclic) bond motifs is 1. The summed E-state index contributed by atoms with van der Waals surface area (Å²) in [7, 11) is 1.58. The topological polar surface area (TPSA) is 67.4 Å². The lowest BCUT2D eigenvalue weighted by molar-refractivity contribution is -0.128. The number of methoxy groups -OCH3 is 1. The van der Waals surface area contributed by atoms with E-state index in [1.54, 1.807) is 7.11 Å². The largest absolute Gasteiger partial charge is 0.496 e. The van der Waals surface area contributed by atoms with E-state index in [1.165, 1.54) is 0 Å². The van der Waals surface area contributed by atoms with Gasteiger partial charge >= 0.3 is 0 Å². The Morgan fingerprint density at radius 3 is 2.09 bits per heavy atom. The zero-order valence-corrected chi connectivity index (χ0v) is 19.6. The Hall–Kier alpha value is -3.64. The van der Waals surface area contributed by atoms with Gasteiger partial charge in [0.15, 0.2) is 0 Å². The summed E-state index contributed by atoms with van der Waals surface area (Å²) in [5, 5.41) is 1.91. The Morgan fingerprint density at radius 2 is 1.48 bits per heavy atom. The van der Waals surface area contributed by atoms with Crippen molar-refractivity contribution >= 4 is 38.5 Å². The van der Waals surface area contributed by atoms with Gasteiger partial charge in [0.1, 0.15) is 5.75 Å². The highest BCUT2D eigenvalue weighted by atomic mass is 79.9. The summed E-state index contributed by atoms with van der Waals surface area (Å²) in [5.41, 5.74) is 7.63. The smallest absolute Gasteiger partial charge is 0.250 e. The fourth-order valence-electron chi connectivity index (χ4n) is 3.91. The minimum atomic E-state index is -0.544. The quantitative estimate of drug-likeness (QED) is 0.359. The summed E-state index contributed by atoms with van der Waals surface area (Å²) in [6.45, 7) is 0. The lowest BCUT2D eigenvalue weighted by Crippen LogP contribution is -2.44. The highest BCUT2D eigenvalue weighted by Gasteiger charge is 2.23. The molecule has 0 fully saturated rings. The van der Waals surface area contributed by atoms with E-state index in [4.69, 9.17) is 4.74 Å². The summed E-state index contributed by atoms with van der Waals surface area (Å²) in [4.78, 5) is 25.9. The second-order valence-electron chi connectivity index (χ2n) is 7.58. The maximum Gasteiger partial charge on any atom is 0.250 e. The Balaban J connectivity index is 1.52. The van der Waals surface area contributed by atoms with Crippen molar-refractivity contribution in [3.8, 4) is 5.75 Å². The number of hydrogen-bond acceptors (Lipinski definition) is 3. The predicted molar refractivity (Wildman–Crippen MR) is 133 cm³/mol. The summed E-state index contributed by atoms with van der Waals surface area (Å²) >= 11 is 3.48. The van der Waals surface area contributed by atoms with E-state index in [1.807, 2.05) is 91.0 Å². The van der Waals surface area contributed by atoms with Gasteiger partial charge in [-0.1, -0.05) is 88.7 Å². The van der Waals surface area contributed by atoms with E-state index < -0.39 is 5.92 Å². The van der Waals surface area contributed by atoms with Crippen molar-refractivity contribution in [2.75, 3.05) is 7.11 Å². The zero-order valence-electron chi connectivity index (χ0n) is 18.0. The third-order valence-electron chi connectivity index (χ3n) is 5.46. The van der Waals surface area contributed by atoms with Gasteiger partial charge in [-0.2, -0.15) is 0 Å². The van der Waals surface area contributed by atoms with E-state index in [0.717, 1.165) is 31.9 Å². The van der Waals surface area contributed by atoms with Gasteiger partial charge in [-0.15, -0.1) is 0 Å². The summed E-state index contributed by atoms with van der Waals surface area (Å²) in [6.07, 6.45) is 0.0593. The molecule has 4 aromatic carbocycles. The Labute approximate surface area is 200 Å². The molecule has 4 aromatic rings. The lowest BCUT2D eigenvalue weighted by Gasteiger charge is -2.18. The predicted octanol–water partition coefficient (Wildman–Crippen LogP) is 5.13. The molecule has 0 aromatic heterocycles. The van der Waals surface area contributed by atoms with Crippen LogP contribution >= 0.6 is 15.9 Å². The van der Waals surface area contributed by atoms with Gasteiger partial charge in [-0.25, -0.2) is 0 Å². The molecule has 4 rings (SSSR count). The molecule has 0 heterocycles. The van der Waals surface area contributed by atoms with E-state index in [0.29, 0.717) is 5.75 Å². The van der Waals surface area contributed by atoms with Crippen LogP contribution in [0.5, 0.6) is 5.75 Å². The number of halogens is 1. The van der Waals surface area contributed by atoms with Crippen molar-refractivity contribution in [1.82, 2.24) is 10.9 Å². The van der Waals surface area contributed by atoms with Crippen LogP contribution in [-0.4, -0.2) is 18.9 Å². The van der Waals surface area contributed by atoms with Crippen molar-refractivity contribution < 1.29 is 14.3 Å². The molecule has 6 heteroatoms. The van der Waals surface area contributed by atoms with Crippen LogP contribution in [0.2, 0.25) is 0 Å². The van der Waals surface area contributed by atoms with E-state index in [-0.39, 0.29) is 18.2 Å². The number of nitrogens with one attached hydrogen (secondary N) is 2. The Kier molecular flexibility index (Phi) is 7.05. The van der Waals surface area contributed by atoms with Crippen LogP contribution in [0.4, 0.5) is 0 Å². The summed E-state index contributed by atoms with van der Waals surface area (Å²) < 4.78 is 6.44. The van der Waals surface area contributed by atoms with Crippen molar-refractivity contribution in [2.45, 2.75) is 12.3 Å². The minimum Gasteiger partial charge on any atom is -0.496 e. The Morgan fingerprint density at radius 1 is 0.848 bits per heavy atom. The first-order chi connectivity index (χ1) is 16.1. The van der Waals surface area contributed by atoms with Crippen molar-refractivity contribution in [3.05, 3.63) is 112 Å². The maximum atomic E-state index is 13.1. The van der Waals surface area contributed by atoms with Crippen LogP contribution in [-0.2, 0) is 16.0 Å². The minimum absolute atomic E-state index is 0.0593. The normalized spacial score (nSPS) is 10.8. The van der Waals surface area contributed by atoms with Crippen molar-refractivity contribution in [1.29, 1.82) is 0 Å². The highest BCUT2D eigenvalue weighted by molar-refractivity contribution is 9.10. The molecule has 0 aliphatic carbocycles. The van der Waals surface area contributed by atoms with E-state index in [2.05, 4.69) is 26.8 Å². The second kappa shape index (κ2) is 10.3. The van der Waals surface area contributed by atoms with E-state index in [9.17, 15) is 9.59 Å². The van der Waals surface area contributed by atoms with Crippen molar-refractivity contribution in [3.63, 3.8) is 0 Å². The Bertz CT molecular complexity index is 1240. The second-order valence-corrected chi connectivity index (χ2v) is 8.50. The molecule has 0 spiro atoms. The van der Waals surface area contributed by atoms with Gasteiger partial charge < -0.3 is 4.74 Å². The molecule has 0 aliphatic rings. The molecule has 0 atom stereocenters. The van der Waals surface area contributed by atoms with Crippen molar-refractivity contribution in [2.24, 2.45) is 0 Å². The van der Waals surface area contributed by atoms with Gasteiger partial charge in [-0.3, -0.25) is 20.4 Å². The molecular formula is C27H23BrN2O3. The maximum absolute atomic E-state index is 13.1. The molecule has 33 heavy (non-hydrogen) atoms. The van der Waals surface area contributed by atoms with Gasteiger partial charge in [-0.05, 0) is 40.1 Å². The molecule has 5 nitrogen and oxygen atoms in total. The fraction of sp³-hybridized carbons (Fsp3) is 0.111. The number of hydrazine groups is 1. The van der Waals surface area contributed by atoms with Gasteiger partial charge in [0, 0.05) is 10.0 Å². The number of rotatable bonds is 6. The number of amides is 2. The van der Waals surface area contributed by atoms with Crippen LogP contribution in [0.15, 0.2) is 95.5 Å². The third kappa shape index (κ3) is 5.23. The third-order valence-corrected chi connectivity index (χ3v) is 5.95. The van der Waals surface area contributed by atoms with Crippen LogP contribution in [0.25, 0.3) is 10.8 Å². The summed E-state index contributed by atoms with van der Waals surface area (Å²) in [5.74, 6) is -0.568. The molecule has 0 saturated heterocycles. The molecule has 2 amide bonds. The van der Waals surface area contributed by atoms with Gasteiger partial charge in [0.05, 0.1) is 19.4 Å². The monoisotopic (exact) mass is 502 g/mol. The summed E-state index contributed by atoms with van der Waals surface area (Å²) in [6, 6.07) is 28.6. The van der Waals surface area contributed by atoms with Crippen LogP contribution in [0.1, 0.15) is 22.6 Å². The molecule has 0 aliphatic heterocycles. The average Bonchev–Trinajstić information content (AvgIpc) is 2.84. The first kappa shape index (κ1) is 22.6. The van der Waals surface area contributed by atoms with Crippen LogP contribution in [0.3, 0.4) is 0 Å². The van der Waals surface area contributed by atoms with E-state index >= 15 is 0 Å². The number of carbonyl (C=O) groups is 2. The number of carbonyl (C=O) groups excluding carboxylic acids is 2. The van der Waals surface area contributed by atoms with Crippen LogP contribution < -0.4 is 15.6 Å². The average molecular weight is 503 g/mol. The number of ether oxygens (including phenoxy) is 1. The number of benzene rings is 4. The first-order valence-electron chi connectivity index (χ1n) is 10.5. The number of hydrogen-bond donors (Lipinski definition) is 2. The SMILES string of the molecule is COc1ccc2cc(Br)ccc2c1CC(=O)NNC(=O)C(c1ccccc1)c1ccccc1. The highest BCUT2D eigenvalue weighted by Crippen LogP contribution is 2.30. The van der Waals surface area contributed by atoms with Crippen LogP contribution in [0, 0.1) is 0 Å². The molecule has 0 saturated carbocycles. The molecular weight excluding hydrogens is 480 g/mol. The zero-order chi connectivity index (χ0) is 23.2. The lowest BCUT2D eigenvalue weighted by atomic mass is 9.91. The molecule has 2 N–H and O–H groups in total.